The maximum absolute atomic E-state index is 12.6. The summed E-state index contributed by atoms with van der Waals surface area (Å²) in [6, 6.07) is 4.09. The molecule has 9 nitrogen and oxygen atoms in total. The Morgan fingerprint density at radius 1 is 1.29 bits per heavy atom. The minimum Gasteiger partial charge on any atom is -0.494 e. The van der Waals surface area contributed by atoms with Crippen LogP contribution in [0.1, 0.15) is 16.9 Å². The average Bonchev–Trinajstić information content (AvgIpc) is 3.32. The number of anilines is 2. The lowest BCUT2D eigenvalue weighted by Crippen LogP contribution is -2.30. The van der Waals surface area contributed by atoms with Crippen LogP contribution in [0.3, 0.4) is 0 Å². The SMILES string of the molecule is CNC1CCN(c2cnc(C(=O)Nc3cc4cn(C)nc4cc3OC)cn2)C1. The van der Waals surface area contributed by atoms with E-state index in [1.807, 2.05) is 26.4 Å². The molecule has 1 unspecified atom stereocenters. The van der Waals surface area contributed by atoms with Gasteiger partial charge in [0.1, 0.15) is 17.3 Å². The highest BCUT2D eigenvalue weighted by atomic mass is 16.5. The van der Waals surface area contributed by atoms with Gasteiger partial charge in [0.25, 0.3) is 5.91 Å². The molecule has 1 aromatic carbocycles. The van der Waals surface area contributed by atoms with Crippen LogP contribution in [0.4, 0.5) is 11.5 Å². The zero-order chi connectivity index (χ0) is 19.7. The molecule has 1 amide bonds. The first-order valence-corrected chi connectivity index (χ1v) is 9.14. The van der Waals surface area contributed by atoms with Crippen molar-refractivity contribution in [3.63, 3.8) is 0 Å². The molecule has 0 aliphatic carbocycles. The van der Waals surface area contributed by atoms with Crippen molar-refractivity contribution in [2.24, 2.45) is 7.05 Å². The second kappa shape index (κ2) is 7.43. The van der Waals surface area contributed by atoms with Crippen LogP contribution in [-0.2, 0) is 7.05 Å². The molecule has 1 fully saturated rings. The summed E-state index contributed by atoms with van der Waals surface area (Å²) in [5.74, 6) is 0.984. The number of fused-ring (bicyclic) bond motifs is 1. The number of nitrogens with zero attached hydrogens (tertiary/aromatic N) is 5. The molecule has 28 heavy (non-hydrogen) atoms. The fourth-order valence-corrected chi connectivity index (χ4v) is 3.43. The van der Waals surface area contributed by atoms with E-state index in [2.05, 4.69) is 30.6 Å². The van der Waals surface area contributed by atoms with E-state index in [-0.39, 0.29) is 11.6 Å². The molecule has 0 bridgehead atoms. The van der Waals surface area contributed by atoms with Crippen molar-refractivity contribution >= 4 is 28.3 Å². The van der Waals surface area contributed by atoms with Gasteiger partial charge >= 0.3 is 0 Å². The molecule has 4 rings (SSSR count). The number of hydrogen-bond donors (Lipinski definition) is 2. The molecule has 0 saturated carbocycles. The van der Waals surface area contributed by atoms with Gasteiger partial charge in [-0.2, -0.15) is 5.10 Å². The summed E-state index contributed by atoms with van der Waals surface area (Å²) in [5.41, 5.74) is 1.61. The number of amides is 1. The summed E-state index contributed by atoms with van der Waals surface area (Å²) >= 11 is 0. The van der Waals surface area contributed by atoms with Gasteiger partial charge in [-0.05, 0) is 19.5 Å². The predicted molar refractivity (Wildman–Crippen MR) is 107 cm³/mol. The van der Waals surface area contributed by atoms with Crippen molar-refractivity contribution < 1.29 is 9.53 Å². The highest BCUT2D eigenvalue weighted by Crippen LogP contribution is 2.30. The Morgan fingerprint density at radius 2 is 2.14 bits per heavy atom. The van der Waals surface area contributed by atoms with Crippen LogP contribution in [0, 0.1) is 0 Å². The van der Waals surface area contributed by atoms with Gasteiger partial charge in [-0.25, -0.2) is 9.97 Å². The smallest absolute Gasteiger partial charge is 0.275 e. The lowest BCUT2D eigenvalue weighted by Gasteiger charge is -2.17. The van der Waals surface area contributed by atoms with Crippen molar-refractivity contribution in [2.75, 3.05) is 37.5 Å². The third kappa shape index (κ3) is 3.48. The van der Waals surface area contributed by atoms with Gasteiger partial charge in [0, 0.05) is 43.8 Å². The Kier molecular flexibility index (Phi) is 4.82. The van der Waals surface area contributed by atoms with Gasteiger partial charge in [0.2, 0.25) is 0 Å². The van der Waals surface area contributed by atoms with Crippen molar-refractivity contribution in [2.45, 2.75) is 12.5 Å². The Morgan fingerprint density at radius 3 is 2.82 bits per heavy atom. The zero-order valence-corrected chi connectivity index (χ0v) is 16.1. The lowest BCUT2D eigenvalue weighted by atomic mass is 10.2. The van der Waals surface area contributed by atoms with E-state index in [1.165, 1.54) is 6.20 Å². The van der Waals surface area contributed by atoms with E-state index in [0.29, 0.717) is 17.5 Å². The van der Waals surface area contributed by atoms with Crippen LogP contribution in [0.5, 0.6) is 5.75 Å². The summed E-state index contributed by atoms with van der Waals surface area (Å²) in [5, 5.41) is 11.4. The molecule has 0 spiro atoms. The molecular formula is C19H23N7O2. The number of carbonyl (C=O) groups is 1. The van der Waals surface area contributed by atoms with Crippen LogP contribution in [-0.4, -0.2) is 58.9 Å². The average molecular weight is 381 g/mol. The standard InChI is InChI=1S/C19H23N7O2/c1-20-13-4-5-26(11-13)18-9-21-16(8-22-18)19(27)23-15-6-12-10-25(2)24-14(12)7-17(15)28-3/h6-10,13,20H,4-5,11H2,1-3H3,(H,23,27). The van der Waals surface area contributed by atoms with Gasteiger partial charge in [0.15, 0.2) is 0 Å². The van der Waals surface area contributed by atoms with E-state index < -0.39 is 0 Å². The summed E-state index contributed by atoms with van der Waals surface area (Å²) < 4.78 is 7.11. The quantitative estimate of drug-likeness (QED) is 0.690. The van der Waals surface area contributed by atoms with E-state index in [4.69, 9.17) is 4.74 Å². The number of nitrogens with one attached hydrogen (secondary N) is 2. The highest BCUT2D eigenvalue weighted by Gasteiger charge is 2.22. The van der Waals surface area contributed by atoms with Gasteiger partial charge in [0.05, 0.1) is 30.7 Å². The first kappa shape index (κ1) is 18.2. The number of hydrogen-bond acceptors (Lipinski definition) is 7. The van der Waals surface area contributed by atoms with E-state index in [1.54, 1.807) is 24.1 Å². The third-order valence-corrected chi connectivity index (χ3v) is 4.98. The monoisotopic (exact) mass is 381 g/mol. The lowest BCUT2D eigenvalue weighted by molar-refractivity contribution is 0.102. The molecule has 1 atom stereocenters. The topological polar surface area (TPSA) is 97.2 Å². The molecule has 9 heteroatoms. The molecule has 1 saturated heterocycles. The van der Waals surface area contributed by atoms with E-state index in [9.17, 15) is 4.79 Å². The molecular weight excluding hydrogens is 358 g/mol. The normalized spacial score (nSPS) is 16.5. The highest BCUT2D eigenvalue weighted by molar-refractivity contribution is 6.04. The maximum atomic E-state index is 12.6. The van der Waals surface area contributed by atoms with Crippen molar-refractivity contribution in [3.8, 4) is 5.75 Å². The molecule has 0 radical (unpaired) electrons. The molecule has 2 aromatic heterocycles. The van der Waals surface area contributed by atoms with E-state index in [0.717, 1.165) is 36.2 Å². The Labute approximate surface area is 162 Å². The summed E-state index contributed by atoms with van der Waals surface area (Å²) in [7, 11) is 5.37. The summed E-state index contributed by atoms with van der Waals surface area (Å²) in [4.78, 5) is 23.5. The molecule has 3 aromatic rings. The first-order valence-electron chi connectivity index (χ1n) is 9.14. The molecule has 3 heterocycles. The van der Waals surface area contributed by atoms with Gasteiger partial charge in [-0.15, -0.1) is 0 Å². The fraction of sp³-hybridized carbons (Fsp3) is 0.368. The van der Waals surface area contributed by atoms with Crippen LogP contribution < -0.4 is 20.3 Å². The molecule has 2 N–H and O–H groups in total. The zero-order valence-electron chi connectivity index (χ0n) is 16.1. The largest absolute Gasteiger partial charge is 0.494 e. The number of benzene rings is 1. The number of carbonyl (C=O) groups excluding carboxylic acids is 1. The van der Waals surface area contributed by atoms with Crippen molar-refractivity contribution in [1.82, 2.24) is 25.1 Å². The minimum atomic E-state index is -0.338. The van der Waals surface area contributed by atoms with Crippen LogP contribution in [0.2, 0.25) is 0 Å². The summed E-state index contributed by atoms with van der Waals surface area (Å²) in [6.45, 7) is 1.81. The number of ether oxygens (including phenoxy) is 1. The number of likely N-dealkylation sites (N-methyl/N-ethyl adjacent to an activating group) is 1. The predicted octanol–water partition coefficient (Wildman–Crippen LogP) is 1.42. The summed E-state index contributed by atoms with van der Waals surface area (Å²) in [6.07, 6.45) is 6.10. The van der Waals surface area contributed by atoms with Crippen LogP contribution in [0.25, 0.3) is 10.9 Å². The number of rotatable bonds is 5. The van der Waals surface area contributed by atoms with E-state index >= 15 is 0 Å². The second-order valence-corrected chi connectivity index (χ2v) is 6.85. The number of aromatic nitrogens is 4. The Hall–Kier alpha value is -3.20. The van der Waals surface area contributed by atoms with Gasteiger partial charge < -0.3 is 20.3 Å². The first-order chi connectivity index (χ1) is 13.6. The van der Waals surface area contributed by atoms with Crippen molar-refractivity contribution in [3.05, 3.63) is 36.4 Å². The number of aryl methyl sites for hydroxylation is 1. The van der Waals surface area contributed by atoms with Crippen molar-refractivity contribution in [1.29, 1.82) is 0 Å². The third-order valence-electron chi connectivity index (χ3n) is 4.98. The minimum absolute atomic E-state index is 0.251. The van der Waals surface area contributed by atoms with Crippen LogP contribution in [0.15, 0.2) is 30.7 Å². The maximum Gasteiger partial charge on any atom is 0.275 e. The Balaban J connectivity index is 1.51. The Bertz CT molecular complexity index is 999. The molecule has 1 aliphatic rings. The second-order valence-electron chi connectivity index (χ2n) is 6.85. The number of methoxy groups -OCH3 is 1. The van der Waals surface area contributed by atoms with Gasteiger partial charge in [-0.3, -0.25) is 9.48 Å². The molecule has 146 valence electrons. The van der Waals surface area contributed by atoms with Crippen LogP contribution >= 0.6 is 0 Å². The van der Waals surface area contributed by atoms with Gasteiger partial charge in [-0.1, -0.05) is 0 Å². The molecule has 1 aliphatic heterocycles. The fourth-order valence-electron chi connectivity index (χ4n) is 3.43.